The van der Waals surface area contributed by atoms with Crippen molar-refractivity contribution in [1.82, 2.24) is 10.3 Å². The van der Waals surface area contributed by atoms with Gasteiger partial charge in [0.15, 0.2) is 0 Å². The summed E-state index contributed by atoms with van der Waals surface area (Å²) in [4.78, 5) is 4.21. The number of pyridine rings is 1. The summed E-state index contributed by atoms with van der Waals surface area (Å²) >= 11 is 12.0. The first kappa shape index (κ1) is 15.1. The third-order valence-electron chi connectivity index (χ3n) is 2.94. The van der Waals surface area contributed by atoms with Gasteiger partial charge >= 0.3 is 0 Å². The average Bonchev–Trinajstić information content (AvgIpc) is 2.44. The highest BCUT2D eigenvalue weighted by molar-refractivity contribution is 6.42. The van der Waals surface area contributed by atoms with E-state index in [1.54, 1.807) is 12.3 Å². The molecule has 0 fully saturated rings. The number of aromatic nitrogens is 1. The number of rotatable bonds is 5. The van der Waals surface area contributed by atoms with Gasteiger partial charge in [0.05, 0.1) is 28.9 Å². The van der Waals surface area contributed by atoms with Crippen LogP contribution in [-0.2, 0) is 0 Å². The molecule has 0 saturated carbocycles. The normalized spacial score (nSPS) is 12.2. The molecule has 20 heavy (non-hydrogen) atoms. The van der Waals surface area contributed by atoms with Crippen molar-refractivity contribution in [3.05, 3.63) is 57.8 Å². The minimum Gasteiger partial charge on any atom is -0.492 e. The Labute approximate surface area is 128 Å². The van der Waals surface area contributed by atoms with E-state index in [4.69, 9.17) is 27.9 Å². The zero-order valence-corrected chi connectivity index (χ0v) is 12.9. The van der Waals surface area contributed by atoms with Crippen LogP contribution in [0.2, 0.25) is 10.0 Å². The predicted octanol–water partition coefficient (Wildman–Crippen LogP) is 4.10. The lowest BCUT2D eigenvalue weighted by atomic mass is 10.0. The third kappa shape index (κ3) is 3.42. The van der Waals surface area contributed by atoms with E-state index in [1.807, 2.05) is 38.4 Å². The van der Waals surface area contributed by atoms with Gasteiger partial charge in [0.2, 0.25) is 0 Å². The van der Waals surface area contributed by atoms with Crippen LogP contribution < -0.4 is 10.1 Å². The molecule has 1 atom stereocenters. The molecule has 1 unspecified atom stereocenters. The molecule has 1 heterocycles. The van der Waals surface area contributed by atoms with Gasteiger partial charge in [-0.25, -0.2) is 0 Å². The molecule has 0 amide bonds. The van der Waals surface area contributed by atoms with Crippen molar-refractivity contribution < 1.29 is 4.74 Å². The fourth-order valence-electron chi connectivity index (χ4n) is 2.06. The smallest absolute Gasteiger partial charge is 0.137 e. The van der Waals surface area contributed by atoms with Gasteiger partial charge in [-0.3, -0.25) is 4.98 Å². The molecular weight excluding hydrogens is 295 g/mol. The summed E-state index contributed by atoms with van der Waals surface area (Å²) < 4.78 is 5.48. The SMILES string of the molecule is CCOc1cncc(C(NC)c2ccc(Cl)c(Cl)c2)c1. The molecule has 1 N–H and O–H groups in total. The molecule has 0 aliphatic heterocycles. The molecule has 3 nitrogen and oxygen atoms in total. The summed E-state index contributed by atoms with van der Waals surface area (Å²) in [6.45, 7) is 2.56. The first-order valence-electron chi connectivity index (χ1n) is 6.35. The minimum absolute atomic E-state index is 0.0160. The summed E-state index contributed by atoms with van der Waals surface area (Å²) in [6, 6.07) is 7.56. The Kier molecular flexibility index (Phi) is 5.24. The molecular formula is C15H16Cl2N2O. The standard InChI is InChI=1S/C15H16Cl2N2O/c1-3-20-12-6-11(8-19-9-12)15(18-2)10-4-5-13(16)14(17)7-10/h4-9,15,18H,3H2,1-2H3. The van der Waals surface area contributed by atoms with Crippen LogP contribution in [0.3, 0.4) is 0 Å². The van der Waals surface area contributed by atoms with Gasteiger partial charge in [-0.2, -0.15) is 0 Å². The average molecular weight is 311 g/mol. The van der Waals surface area contributed by atoms with Gasteiger partial charge in [0.1, 0.15) is 5.75 Å². The van der Waals surface area contributed by atoms with Crippen molar-refractivity contribution in [3.63, 3.8) is 0 Å². The molecule has 2 aromatic rings. The van der Waals surface area contributed by atoms with E-state index in [-0.39, 0.29) is 6.04 Å². The summed E-state index contributed by atoms with van der Waals surface area (Å²) in [7, 11) is 1.89. The monoisotopic (exact) mass is 310 g/mol. The van der Waals surface area contributed by atoms with Crippen LogP contribution in [0, 0.1) is 0 Å². The quantitative estimate of drug-likeness (QED) is 0.903. The van der Waals surface area contributed by atoms with E-state index in [1.165, 1.54) is 0 Å². The van der Waals surface area contributed by atoms with Crippen LogP contribution in [0.5, 0.6) is 5.75 Å². The highest BCUT2D eigenvalue weighted by atomic mass is 35.5. The van der Waals surface area contributed by atoms with Crippen molar-refractivity contribution in [2.45, 2.75) is 13.0 Å². The largest absolute Gasteiger partial charge is 0.492 e. The molecule has 2 rings (SSSR count). The second-order valence-electron chi connectivity index (χ2n) is 4.28. The molecule has 0 aliphatic carbocycles. The summed E-state index contributed by atoms with van der Waals surface area (Å²) in [5, 5.41) is 4.34. The lowest BCUT2D eigenvalue weighted by molar-refractivity contribution is 0.338. The fraction of sp³-hybridized carbons (Fsp3) is 0.267. The van der Waals surface area contributed by atoms with Crippen molar-refractivity contribution >= 4 is 23.2 Å². The number of ether oxygens (including phenoxy) is 1. The van der Waals surface area contributed by atoms with Crippen LogP contribution >= 0.6 is 23.2 Å². The maximum Gasteiger partial charge on any atom is 0.137 e. The Hall–Kier alpha value is -1.29. The van der Waals surface area contributed by atoms with Gasteiger partial charge in [-0.15, -0.1) is 0 Å². The van der Waals surface area contributed by atoms with Crippen LogP contribution in [0.25, 0.3) is 0 Å². The molecule has 5 heteroatoms. The lowest BCUT2D eigenvalue weighted by Gasteiger charge is -2.18. The van der Waals surface area contributed by atoms with E-state index in [0.717, 1.165) is 16.9 Å². The number of nitrogens with zero attached hydrogens (tertiary/aromatic N) is 1. The summed E-state index contributed by atoms with van der Waals surface area (Å²) in [5.74, 6) is 0.755. The highest BCUT2D eigenvalue weighted by Crippen LogP contribution is 2.29. The molecule has 0 spiro atoms. The van der Waals surface area contributed by atoms with Crippen LogP contribution in [-0.4, -0.2) is 18.6 Å². The first-order valence-corrected chi connectivity index (χ1v) is 7.11. The summed E-state index contributed by atoms with van der Waals surface area (Å²) in [6.07, 6.45) is 3.51. The van der Waals surface area contributed by atoms with Gasteiger partial charge < -0.3 is 10.1 Å². The molecule has 0 saturated heterocycles. The molecule has 0 radical (unpaired) electrons. The zero-order valence-electron chi connectivity index (χ0n) is 11.4. The molecule has 1 aromatic heterocycles. The van der Waals surface area contributed by atoms with Gasteiger partial charge in [-0.1, -0.05) is 29.3 Å². The molecule has 106 valence electrons. The number of hydrogen-bond donors (Lipinski definition) is 1. The zero-order chi connectivity index (χ0) is 14.5. The molecule has 0 aliphatic rings. The van der Waals surface area contributed by atoms with Gasteiger partial charge in [0.25, 0.3) is 0 Å². The van der Waals surface area contributed by atoms with Crippen molar-refractivity contribution in [2.75, 3.05) is 13.7 Å². The highest BCUT2D eigenvalue weighted by Gasteiger charge is 2.14. The molecule has 1 aromatic carbocycles. The Morgan fingerprint density at radius 1 is 1.15 bits per heavy atom. The Morgan fingerprint density at radius 3 is 2.60 bits per heavy atom. The van der Waals surface area contributed by atoms with E-state index < -0.39 is 0 Å². The maximum atomic E-state index is 6.08. The van der Waals surface area contributed by atoms with Crippen molar-refractivity contribution in [1.29, 1.82) is 0 Å². The van der Waals surface area contributed by atoms with E-state index >= 15 is 0 Å². The second kappa shape index (κ2) is 6.93. The van der Waals surface area contributed by atoms with Crippen molar-refractivity contribution in [2.24, 2.45) is 0 Å². The number of nitrogens with one attached hydrogen (secondary N) is 1. The lowest BCUT2D eigenvalue weighted by Crippen LogP contribution is -2.18. The second-order valence-corrected chi connectivity index (χ2v) is 5.10. The van der Waals surface area contributed by atoms with Crippen LogP contribution in [0.1, 0.15) is 24.1 Å². The Balaban J connectivity index is 2.36. The topological polar surface area (TPSA) is 34.1 Å². The van der Waals surface area contributed by atoms with Crippen LogP contribution in [0.15, 0.2) is 36.7 Å². The minimum atomic E-state index is -0.0160. The van der Waals surface area contributed by atoms with Gasteiger partial charge in [-0.05, 0) is 43.3 Å². The fourth-order valence-corrected chi connectivity index (χ4v) is 2.36. The van der Waals surface area contributed by atoms with E-state index in [0.29, 0.717) is 16.7 Å². The first-order chi connectivity index (χ1) is 9.65. The Bertz CT molecular complexity index is 590. The van der Waals surface area contributed by atoms with E-state index in [9.17, 15) is 0 Å². The van der Waals surface area contributed by atoms with Crippen LogP contribution in [0.4, 0.5) is 0 Å². The Morgan fingerprint density at radius 2 is 1.95 bits per heavy atom. The van der Waals surface area contributed by atoms with Crippen molar-refractivity contribution in [3.8, 4) is 5.75 Å². The number of hydrogen-bond acceptors (Lipinski definition) is 3. The predicted molar refractivity (Wildman–Crippen MR) is 82.8 cm³/mol. The van der Waals surface area contributed by atoms with E-state index in [2.05, 4.69) is 10.3 Å². The maximum absolute atomic E-state index is 6.08. The molecule has 0 bridgehead atoms. The number of benzene rings is 1. The van der Waals surface area contributed by atoms with Gasteiger partial charge in [0, 0.05) is 6.20 Å². The summed E-state index contributed by atoms with van der Waals surface area (Å²) in [5.41, 5.74) is 2.04. The third-order valence-corrected chi connectivity index (χ3v) is 3.68. The number of halogens is 2.